The van der Waals surface area contributed by atoms with Crippen molar-refractivity contribution in [1.29, 1.82) is 0 Å². The standard InChI is InChI=1S/C27H36ClN5O6S2/c1-32(2)41(6,35)31-18-9-7-17(8-10-18)23-19(28)13-20-26(30-23)33(16-36-11-12-40(3,4)5)27(29-20)39-22-15-38-24-21(34)14-37-25(22)24/h3,7-10,13,21-22,24-25,34H,11-12,14-16H2,1-2,4-6H3/t21-,22-,24-,25-,41?/m1/s1. The molecule has 1 aromatic carbocycles. The number of aliphatic hydroxyl groups is 1. The summed E-state index contributed by atoms with van der Waals surface area (Å²) in [7, 11) is -0.285. The van der Waals surface area contributed by atoms with Crippen LogP contribution in [-0.2, 0) is 30.9 Å². The van der Waals surface area contributed by atoms with E-state index in [2.05, 4.69) is 9.35 Å². The van der Waals surface area contributed by atoms with Gasteiger partial charge in [-0.05, 0) is 30.7 Å². The Morgan fingerprint density at radius 3 is 2.56 bits per heavy atom. The Labute approximate surface area is 246 Å². The summed E-state index contributed by atoms with van der Waals surface area (Å²) in [5.41, 5.74) is 9.15. The van der Waals surface area contributed by atoms with Gasteiger partial charge in [0.2, 0.25) is 0 Å². The molecule has 2 aliphatic rings. The van der Waals surface area contributed by atoms with Crippen molar-refractivity contribution in [1.82, 2.24) is 18.8 Å². The van der Waals surface area contributed by atoms with Crippen LogP contribution in [0.1, 0.15) is 0 Å². The number of imidazole rings is 1. The first-order valence-electron chi connectivity index (χ1n) is 13.0. The summed E-state index contributed by atoms with van der Waals surface area (Å²) >= 11 is 6.68. The number of hydrogen-bond donors (Lipinski definition) is 1. The van der Waals surface area contributed by atoms with E-state index in [0.717, 1.165) is 11.3 Å². The van der Waals surface area contributed by atoms with Crippen LogP contribution >= 0.6 is 21.0 Å². The van der Waals surface area contributed by atoms with E-state index < -0.39 is 43.8 Å². The van der Waals surface area contributed by atoms with Gasteiger partial charge >= 0.3 is 6.01 Å². The van der Waals surface area contributed by atoms with Gasteiger partial charge < -0.3 is 24.1 Å². The highest BCUT2D eigenvalue weighted by Crippen LogP contribution is 2.34. The Bertz CT molecular complexity index is 1650. The lowest BCUT2D eigenvalue weighted by Gasteiger charge is -2.18. The summed E-state index contributed by atoms with van der Waals surface area (Å²) in [6.07, 6.45) is 3.66. The lowest BCUT2D eigenvalue weighted by atomic mass is 10.1. The van der Waals surface area contributed by atoms with Crippen molar-refractivity contribution in [3.05, 3.63) is 35.4 Å². The summed E-state index contributed by atoms with van der Waals surface area (Å²) < 4.78 is 44.1. The number of halogens is 1. The van der Waals surface area contributed by atoms with E-state index in [1.165, 1.54) is 0 Å². The fourth-order valence-corrected chi connectivity index (χ4v) is 5.96. The number of pyridine rings is 1. The molecule has 0 spiro atoms. The number of aliphatic hydroxyl groups excluding tert-OH is 1. The van der Waals surface area contributed by atoms with Gasteiger partial charge in [0.1, 0.15) is 40.5 Å². The molecule has 1 unspecified atom stereocenters. The molecule has 2 fully saturated rings. The number of nitrogens with zero attached hydrogens (tertiary/aromatic N) is 5. The van der Waals surface area contributed by atoms with Crippen molar-refractivity contribution >= 4 is 47.8 Å². The Morgan fingerprint density at radius 2 is 1.88 bits per heavy atom. The maximum Gasteiger partial charge on any atom is 0.301 e. The quantitative estimate of drug-likeness (QED) is 0.359. The van der Waals surface area contributed by atoms with E-state index >= 15 is 0 Å². The average Bonchev–Trinajstić information content (AvgIpc) is 3.56. The summed E-state index contributed by atoms with van der Waals surface area (Å²) in [6.45, 7) is 1.05. The molecule has 5 atom stereocenters. The molecule has 14 heteroatoms. The maximum atomic E-state index is 12.7. The summed E-state index contributed by atoms with van der Waals surface area (Å²) in [5, 5.41) is 10.5. The Balaban J connectivity index is 1.48. The predicted octanol–water partition coefficient (Wildman–Crippen LogP) is 3.49. The SMILES string of the molecule is C#S(C)(C)CCOCn1c(O[C@@H]2CO[C@H]3[C@@H]2OC[C@H]3O)nc2cc(Cl)c(-c3ccc(N=S(C)(=O)N(C)C)cc3)nc21. The largest absolute Gasteiger partial charge is 0.456 e. The van der Waals surface area contributed by atoms with Gasteiger partial charge in [-0.1, -0.05) is 23.7 Å². The fraction of sp³-hybridized carbons (Fsp3) is 0.519. The number of aromatic nitrogens is 3. The van der Waals surface area contributed by atoms with Gasteiger partial charge in [0.15, 0.2) is 11.8 Å². The molecule has 4 heterocycles. The molecule has 1 N–H and O–H groups in total. The van der Waals surface area contributed by atoms with Crippen LogP contribution in [0.4, 0.5) is 5.69 Å². The number of hydrogen-bond acceptors (Lipinski definition) is 9. The lowest BCUT2D eigenvalue weighted by Crippen LogP contribution is -2.35. The van der Waals surface area contributed by atoms with E-state index in [4.69, 9.17) is 41.2 Å². The smallest absolute Gasteiger partial charge is 0.301 e. The summed E-state index contributed by atoms with van der Waals surface area (Å²) in [4.78, 5) is 9.54. The predicted molar refractivity (Wildman–Crippen MR) is 163 cm³/mol. The minimum Gasteiger partial charge on any atom is -0.456 e. The van der Waals surface area contributed by atoms with E-state index in [0.29, 0.717) is 34.2 Å². The highest BCUT2D eigenvalue weighted by atomic mass is 35.5. The van der Waals surface area contributed by atoms with Crippen molar-refractivity contribution < 1.29 is 28.3 Å². The highest BCUT2D eigenvalue weighted by Gasteiger charge is 2.49. The van der Waals surface area contributed by atoms with Crippen LogP contribution in [0.2, 0.25) is 5.02 Å². The molecule has 2 aliphatic heterocycles. The molecule has 0 aliphatic carbocycles. The first-order valence-corrected chi connectivity index (χ1v) is 18.0. The molecule has 41 heavy (non-hydrogen) atoms. The molecular weight excluding hydrogens is 590 g/mol. The normalized spacial score (nSPS) is 24.1. The second-order valence-electron chi connectivity index (χ2n) is 10.9. The van der Waals surface area contributed by atoms with Crippen LogP contribution in [0.3, 0.4) is 0 Å². The first kappa shape index (κ1) is 30.3. The molecule has 0 saturated carbocycles. The zero-order valence-electron chi connectivity index (χ0n) is 23.7. The molecule has 0 amide bonds. The van der Waals surface area contributed by atoms with Gasteiger partial charge in [0, 0.05) is 31.7 Å². The van der Waals surface area contributed by atoms with E-state index in [-0.39, 0.29) is 26.0 Å². The number of rotatable bonds is 9. The minimum absolute atomic E-state index is 0.133. The molecule has 5 rings (SSSR count). The van der Waals surface area contributed by atoms with Gasteiger partial charge in [-0.15, -0.1) is 5.69 Å². The topological polar surface area (TPSA) is 121 Å². The second kappa shape index (κ2) is 11.8. The number of benzene rings is 1. The Kier molecular flexibility index (Phi) is 8.73. The fourth-order valence-electron chi connectivity index (χ4n) is 4.48. The van der Waals surface area contributed by atoms with Crippen LogP contribution in [-0.4, -0.2) is 111 Å². The molecular formula is C27H36ClN5O6S2. The third kappa shape index (κ3) is 6.74. The van der Waals surface area contributed by atoms with Crippen molar-refractivity contribution in [2.75, 3.05) is 58.4 Å². The van der Waals surface area contributed by atoms with Gasteiger partial charge in [-0.25, -0.2) is 13.5 Å². The molecule has 11 nitrogen and oxygen atoms in total. The van der Waals surface area contributed by atoms with Crippen LogP contribution < -0.4 is 4.74 Å². The van der Waals surface area contributed by atoms with Crippen LogP contribution in [0.5, 0.6) is 6.01 Å². The third-order valence-corrected chi connectivity index (χ3v) is 10.4. The van der Waals surface area contributed by atoms with E-state index in [9.17, 15) is 9.32 Å². The Morgan fingerprint density at radius 1 is 1.17 bits per heavy atom. The maximum absolute atomic E-state index is 12.7. The molecule has 0 radical (unpaired) electrons. The van der Waals surface area contributed by atoms with Crippen LogP contribution in [0.15, 0.2) is 34.7 Å². The van der Waals surface area contributed by atoms with Crippen LogP contribution in [0, 0.1) is 5.69 Å². The third-order valence-electron chi connectivity index (χ3n) is 6.94. The minimum atomic E-state index is -2.52. The van der Waals surface area contributed by atoms with Crippen molar-refractivity contribution in [3.63, 3.8) is 0 Å². The van der Waals surface area contributed by atoms with Gasteiger partial charge in [0.25, 0.3) is 0 Å². The second-order valence-corrected chi connectivity index (χ2v) is 17.4. The number of fused-ring (bicyclic) bond motifs is 2. The van der Waals surface area contributed by atoms with Gasteiger partial charge in [0.05, 0.1) is 36.2 Å². The van der Waals surface area contributed by atoms with Gasteiger partial charge in [-0.3, -0.25) is 4.57 Å². The molecule has 2 saturated heterocycles. The van der Waals surface area contributed by atoms with Crippen molar-refractivity contribution in [2.45, 2.75) is 31.1 Å². The average molecular weight is 626 g/mol. The monoisotopic (exact) mass is 625 g/mol. The van der Waals surface area contributed by atoms with E-state index in [1.54, 1.807) is 47.4 Å². The van der Waals surface area contributed by atoms with Gasteiger partial charge in [-0.2, -0.15) is 18.8 Å². The zero-order valence-corrected chi connectivity index (χ0v) is 26.1. The summed E-state index contributed by atoms with van der Waals surface area (Å²) in [5.74, 6) is 0.738. The molecule has 2 aromatic heterocycles. The van der Waals surface area contributed by atoms with E-state index in [1.807, 2.05) is 24.6 Å². The molecule has 3 aromatic rings. The number of ether oxygens (including phenoxy) is 4. The highest BCUT2D eigenvalue weighted by molar-refractivity contribution is 8.22. The zero-order chi connectivity index (χ0) is 29.5. The summed E-state index contributed by atoms with van der Waals surface area (Å²) in [6, 6.07) is 9.26. The molecule has 224 valence electrons. The first-order chi connectivity index (χ1) is 19.3. The lowest BCUT2D eigenvalue weighted by molar-refractivity contribution is 0.00344. The molecule has 0 bridgehead atoms. The van der Waals surface area contributed by atoms with Crippen molar-refractivity contribution in [3.8, 4) is 23.0 Å². The Hall–Kier alpha value is -2.19. The van der Waals surface area contributed by atoms with Crippen molar-refractivity contribution in [2.24, 2.45) is 4.36 Å². The van der Waals surface area contributed by atoms with Crippen LogP contribution in [0.25, 0.3) is 22.4 Å².